The first kappa shape index (κ1) is 10.5. The highest BCUT2D eigenvalue weighted by atomic mass is 16.5. The lowest BCUT2D eigenvalue weighted by atomic mass is 10.0. The Kier molecular flexibility index (Phi) is 3.59. The van der Waals surface area contributed by atoms with Crippen LogP contribution in [0.1, 0.15) is 5.56 Å². The zero-order valence-electron chi connectivity index (χ0n) is 9.12. The molecular formula is C12H18N2O. The van der Waals surface area contributed by atoms with E-state index in [0.29, 0.717) is 0 Å². The summed E-state index contributed by atoms with van der Waals surface area (Å²) in [5, 5.41) is 6.73. The minimum atomic E-state index is 0.822. The summed E-state index contributed by atoms with van der Waals surface area (Å²) in [6.45, 7) is 4.38. The molecule has 1 aromatic carbocycles. The fourth-order valence-electron chi connectivity index (χ4n) is 1.66. The highest BCUT2D eigenvalue weighted by molar-refractivity contribution is 5.26. The van der Waals surface area contributed by atoms with Gasteiger partial charge in [0.2, 0.25) is 0 Å². The first-order valence-electron chi connectivity index (χ1n) is 5.43. The normalized spacial score (nSPS) is 16.1. The molecule has 1 heterocycles. The topological polar surface area (TPSA) is 33.3 Å². The average molecular weight is 206 g/mol. The SMILES string of the molecule is COc1ccc(CNCC2CNC2)cc1. The van der Waals surface area contributed by atoms with E-state index in [-0.39, 0.29) is 0 Å². The molecule has 15 heavy (non-hydrogen) atoms. The van der Waals surface area contributed by atoms with E-state index < -0.39 is 0 Å². The lowest BCUT2D eigenvalue weighted by Crippen LogP contribution is -2.47. The number of nitrogens with one attached hydrogen (secondary N) is 2. The molecule has 1 fully saturated rings. The first-order valence-corrected chi connectivity index (χ1v) is 5.43. The molecule has 82 valence electrons. The van der Waals surface area contributed by atoms with Gasteiger partial charge in [-0.3, -0.25) is 0 Å². The molecule has 3 heteroatoms. The van der Waals surface area contributed by atoms with Crippen molar-refractivity contribution in [3.63, 3.8) is 0 Å². The highest BCUT2D eigenvalue weighted by Crippen LogP contribution is 2.11. The lowest BCUT2D eigenvalue weighted by Gasteiger charge is -2.27. The molecule has 0 unspecified atom stereocenters. The van der Waals surface area contributed by atoms with Crippen LogP contribution in [0.3, 0.4) is 0 Å². The van der Waals surface area contributed by atoms with Crippen LogP contribution in [0, 0.1) is 5.92 Å². The van der Waals surface area contributed by atoms with Crippen molar-refractivity contribution in [2.45, 2.75) is 6.54 Å². The van der Waals surface area contributed by atoms with Crippen LogP contribution in [0.4, 0.5) is 0 Å². The summed E-state index contributed by atoms with van der Waals surface area (Å²) in [5.41, 5.74) is 1.31. The molecule has 0 spiro atoms. The van der Waals surface area contributed by atoms with Crippen molar-refractivity contribution in [2.75, 3.05) is 26.7 Å². The summed E-state index contributed by atoms with van der Waals surface area (Å²) in [6, 6.07) is 8.21. The Labute approximate surface area is 90.8 Å². The van der Waals surface area contributed by atoms with Crippen molar-refractivity contribution in [3.05, 3.63) is 29.8 Å². The number of ether oxygens (including phenoxy) is 1. The number of benzene rings is 1. The number of hydrogen-bond acceptors (Lipinski definition) is 3. The van der Waals surface area contributed by atoms with Gasteiger partial charge in [0.25, 0.3) is 0 Å². The Morgan fingerprint density at radius 2 is 2.07 bits per heavy atom. The third kappa shape index (κ3) is 2.94. The molecule has 2 N–H and O–H groups in total. The first-order chi connectivity index (χ1) is 7.38. The van der Waals surface area contributed by atoms with Crippen LogP contribution in [-0.2, 0) is 6.54 Å². The van der Waals surface area contributed by atoms with Gasteiger partial charge in [0.15, 0.2) is 0 Å². The zero-order chi connectivity index (χ0) is 10.5. The van der Waals surface area contributed by atoms with Crippen LogP contribution in [0.25, 0.3) is 0 Å². The van der Waals surface area contributed by atoms with Gasteiger partial charge in [-0.15, -0.1) is 0 Å². The van der Waals surface area contributed by atoms with E-state index in [9.17, 15) is 0 Å². The zero-order valence-corrected chi connectivity index (χ0v) is 9.12. The van der Waals surface area contributed by atoms with E-state index in [2.05, 4.69) is 22.8 Å². The second kappa shape index (κ2) is 5.14. The maximum atomic E-state index is 5.11. The molecule has 0 atom stereocenters. The van der Waals surface area contributed by atoms with E-state index >= 15 is 0 Å². The molecule has 0 bridgehead atoms. The molecule has 0 radical (unpaired) electrons. The van der Waals surface area contributed by atoms with Gasteiger partial charge < -0.3 is 15.4 Å². The molecular weight excluding hydrogens is 188 g/mol. The Balaban J connectivity index is 1.72. The van der Waals surface area contributed by atoms with E-state index in [0.717, 1.165) is 37.8 Å². The van der Waals surface area contributed by atoms with E-state index in [1.807, 2.05) is 12.1 Å². The van der Waals surface area contributed by atoms with Crippen molar-refractivity contribution in [1.82, 2.24) is 10.6 Å². The fraction of sp³-hybridized carbons (Fsp3) is 0.500. The van der Waals surface area contributed by atoms with Gasteiger partial charge in [0.05, 0.1) is 7.11 Å². The minimum Gasteiger partial charge on any atom is -0.497 e. The number of methoxy groups -OCH3 is 1. The smallest absolute Gasteiger partial charge is 0.118 e. The molecule has 1 aliphatic heterocycles. The van der Waals surface area contributed by atoms with Crippen LogP contribution in [-0.4, -0.2) is 26.7 Å². The van der Waals surface area contributed by atoms with Crippen molar-refractivity contribution in [2.24, 2.45) is 5.92 Å². The van der Waals surface area contributed by atoms with Crippen molar-refractivity contribution < 1.29 is 4.74 Å². The summed E-state index contributed by atoms with van der Waals surface area (Å²) in [4.78, 5) is 0. The van der Waals surface area contributed by atoms with Gasteiger partial charge in [0, 0.05) is 26.2 Å². The largest absolute Gasteiger partial charge is 0.497 e. The van der Waals surface area contributed by atoms with Crippen molar-refractivity contribution >= 4 is 0 Å². The third-order valence-electron chi connectivity index (χ3n) is 2.79. The van der Waals surface area contributed by atoms with Crippen molar-refractivity contribution in [1.29, 1.82) is 0 Å². The molecule has 0 aliphatic carbocycles. The standard InChI is InChI=1S/C12H18N2O/c1-15-12-4-2-10(3-5-12)6-13-7-11-8-14-9-11/h2-5,11,13-14H,6-9H2,1H3. The second-order valence-electron chi connectivity index (χ2n) is 4.00. The molecule has 0 saturated carbocycles. The minimum absolute atomic E-state index is 0.822. The van der Waals surface area contributed by atoms with Crippen LogP contribution in [0.5, 0.6) is 5.75 Å². The van der Waals surface area contributed by atoms with Crippen molar-refractivity contribution in [3.8, 4) is 5.75 Å². The monoisotopic (exact) mass is 206 g/mol. The van der Waals surface area contributed by atoms with Crippen LogP contribution in [0.15, 0.2) is 24.3 Å². The maximum Gasteiger partial charge on any atom is 0.118 e. The number of hydrogen-bond donors (Lipinski definition) is 2. The summed E-state index contributed by atoms with van der Waals surface area (Å²) in [7, 11) is 1.69. The Bertz CT molecular complexity index is 293. The third-order valence-corrected chi connectivity index (χ3v) is 2.79. The highest BCUT2D eigenvalue weighted by Gasteiger charge is 2.15. The quantitative estimate of drug-likeness (QED) is 0.754. The Morgan fingerprint density at radius 3 is 2.60 bits per heavy atom. The number of rotatable bonds is 5. The van der Waals surface area contributed by atoms with E-state index in [4.69, 9.17) is 4.74 Å². The van der Waals surface area contributed by atoms with Gasteiger partial charge in [-0.25, -0.2) is 0 Å². The summed E-state index contributed by atoms with van der Waals surface area (Å²) in [6.07, 6.45) is 0. The molecule has 0 amide bonds. The van der Waals surface area contributed by atoms with Gasteiger partial charge in [-0.2, -0.15) is 0 Å². The Morgan fingerprint density at radius 1 is 1.33 bits per heavy atom. The van der Waals surface area contributed by atoms with E-state index in [1.54, 1.807) is 7.11 Å². The van der Waals surface area contributed by atoms with Gasteiger partial charge in [-0.05, 0) is 23.6 Å². The van der Waals surface area contributed by atoms with Crippen LogP contribution in [0.2, 0.25) is 0 Å². The van der Waals surface area contributed by atoms with Crippen LogP contribution >= 0.6 is 0 Å². The summed E-state index contributed by atoms with van der Waals surface area (Å²) < 4.78 is 5.11. The van der Waals surface area contributed by atoms with Gasteiger partial charge in [-0.1, -0.05) is 12.1 Å². The fourth-order valence-corrected chi connectivity index (χ4v) is 1.66. The lowest BCUT2D eigenvalue weighted by molar-refractivity contribution is 0.331. The van der Waals surface area contributed by atoms with Gasteiger partial charge in [0.1, 0.15) is 5.75 Å². The Hall–Kier alpha value is -1.06. The molecule has 3 nitrogen and oxygen atoms in total. The predicted octanol–water partition coefficient (Wildman–Crippen LogP) is 1.00. The average Bonchev–Trinajstić information content (AvgIpc) is 2.23. The second-order valence-corrected chi connectivity index (χ2v) is 4.00. The molecule has 2 rings (SSSR count). The summed E-state index contributed by atoms with van der Waals surface area (Å²) in [5.74, 6) is 1.74. The molecule has 1 aromatic rings. The van der Waals surface area contributed by atoms with E-state index in [1.165, 1.54) is 5.56 Å². The molecule has 1 aliphatic rings. The summed E-state index contributed by atoms with van der Waals surface area (Å²) >= 11 is 0. The molecule has 1 saturated heterocycles. The van der Waals surface area contributed by atoms with Gasteiger partial charge >= 0.3 is 0 Å². The van der Waals surface area contributed by atoms with Crippen LogP contribution < -0.4 is 15.4 Å². The maximum absolute atomic E-state index is 5.11. The molecule has 0 aromatic heterocycles. The predicted molar refractivity (Wildman–Crippen MR) is 61.1 cm³/mol.